The van der Waals surface area contributed by atoms with Gasteiger partial charge in [0.25, 0.3) is 0 Å². The van der Waals surface area contributed by atoms with E-state index in [4.69, 9.17) is 14.6 Å². The Kier molecular flexibility index (Phi) is 7.87. The third kappa shape index (κ3) is 6.09. The van der Waals surface area contributed by atoms with Crippen LogP contribution in [0.25, 0.3) is 6.08 Å². The Morgan fingerprint density at radius 1 is 1.30 bits per heavy atom. The zero-order valence-corrected chi connectivity index (χ0v) is 15.5. The molecule has 0 spiro atoms. The van der Waals surface area contributed by atoms with Gasteiger partial charge >= 0.3 is 5.97 Å². The van der Waals surface area contributed by atoms with Crippen molar-refractivity contribution in [2.24, 2.45) is 0 Å². The number of aliphatic carboxylic acids is 1. The van der Waals surface area contributed by atoms with Crippen molar-refractivity contribution >= 4 is 40.5 Å². The van der Waals surface area contributed by atoms with Crippen molar-refractivity contribution < 1.29 is 24.2 Å². The van der Waals surface area contributed by atoms with E-state index in [-0.39, 0.29) is 5.70 Å². The van der Waals surface area contributed by atoms with Crippen LogP contribution >= 0.6 is 22.6 Å². The predicted molar refractivity (Wildman–Crippen MR) is 95.5 cm³/mol. The number of amides is 1. The van der Waals surface area contributed by atoms with Gasteiger partial charge in [-0.3, -0.25) is 4.79 Å². The lowest BCUT2D eigenvalue weighted by atomic mass is 10.1. The number of carbonyl (C=O) groups excluding carboxylic acids is 1. The highest BCUT2D eigenvalue weighted by Crippen LogP contribution is 2.35. The molecule has 2 N–H and O–H groups in total. The van der Waals surface area contributed by atoms with Gasteiger partial charge in [0, 0.05) is 6.92 Å². The molecule has 0 saturated heterocycles. The number of carbonyl (C=O) groups is 2. The molecule has 7 heteroatoms. The second-order valence-electron chi connectivity index (χ2n) is 4.66. The summed E-state index contributed by atoms with van der Waals surface area (Å²) in [6.45, 7) is 6.16. The summed E-state index contributed by atoms with van der Waals surface area (Å²) >= 11 is 2.11. The van der Waals surface area contributed by atoms with Crippen LogP contribution < -0.4 is 14.8 Å². The van der Waals surface area contributed by atoms with Gasteiger partial charge in [-0.05, 0) is 59.7 Å². The van der Waals surface area contributed by atoms with Gasteiger partial charge in [0.15, 0.2) is 11.5 Å². The number of benzene rings is 1. The Morgan fingerprint density at radius 3 is 2.52 bits per heavy atom. The fourth-order valence-corrected chi connectivity index (χ4v) is 2.57. The van der Waals surface area contributed by atoms with Crippen LogP contribution in [0, 0.1) is 3.57 Å². The Morgan fingerprint density at radius 2 is 2.00 bits per heavy atom. The van der Waals surface area contributed by atoms with Crippen molar-refractivity contribution in [3.05, 3.63) is 27.0 Å². The van der Waals surface area contributed by atoms with Gasteiger partial charge in [-0.1, -0.05) is 6.92 Å². The van der Waals surface area contributed by atoms with Crippen molar-refractivity contribution in [3.8, 4) is 11.5 Å². The Hall–Kier alpha value is -1.77. The minimum atomic E-state index is -1.21. The number of hydrogen-bond acceptors (Lipinski definition) is 4. The van der Waals surface area contributed by atoms with Crippen molar-refractivity contribution in [2.45, 2.75) is 27.2 Å². The molecule has 1 rings (SSSR count). The molecule has 0 unspecified atom stereocenters. The number of rotatable bonds is 8. The van der Waals surface area contributed by atoms with Crippen LogP contribution in [0.5, 0.6) is 11.5 Å². The highest BCUT2D eigenvalue weighted by atomic mass is 127. The SMILES string of the molecule is CCCOc1c(I)cc(C=C(NC(C)=O)C(=O)O)cc1OCC. The second kappa shape index (κ2) is 9.39. The first kappa shape index (κ1) is 19.3. The fraction of sp³-hybridized carbons (Fsp3) is 0.375. The standard InChI is InChI=1S/C16H20INO5/c1-4-6-23-15-12(17)7-11(9-14(15)22-5-2)8-13(16(20)21)18-10(3)19/h7-9H,4-6H2,1-3H3,(H,18,19)(H,20,21). The lowest BCUT2D eigenvalue weighted by Gasteiger charge is -2.14. The van der Waals surface area contributed by atoms with Gasteiger partial charge in [-0.25, -0.2) is 4.79 Å². The van der Waals surface area contributed by atoms with E-state index < -0.39 is 11.9 Å². The number of nitrogens with one attached hydrogen (secondary N) is 1. The molecule has 126 valence electrons. The third-order valence-electron chi connectivity index (χ3n) is 2.63. The maximum absolute atomic E-state index is 11.2. The fourth-order valence-electron chi connectivity index (χ4n) is 1.79. The van der Waals surface area contributed by atoms with Gasteiger partial charge < -0.3 is 19.9 Å². The van der Waals surface area contributed by atoms with Crippen LogP contribution in [0.2, 0.25) is 0 Å². The van der Waals surface area contributed by atoms with E-state index >= 15 is 0 Å². The normalized spacial score (nSPS) is 11.0. The maximum atomic E-state index is 11.2. The summed E-state index contributed by atoms with van der Waals surface area (Å²) in [4.78, 5) is 22.3. The molecule has 0 radical (unpaired) electrons. The first-order valence-corrected chi connectivity index (χ1v) is 8.28. The van der Waals surface area contributed by atoms with Gasteiger partial charge in [-0.15, -0.1) is 0 Å². The van der Waals surface area contributed by atoms with Gasteiger partial charge in [0.1, 0.15) is 5.70 Å². The molecule has 0 atom stereocenters. The molecule has 23 heavy (non-hydrogen) atoms. The quantitative estimate of drug-likeness (QED) is 0.487. The van der Waals surface area contributed by atoms with Crippen molar-refractivity contribution in [3.63, 3.8) is 0 Å². The van der Waals surface area contributed by atoms with Crippen LogP contribution in [-0.4, -0.2) is 30.2 Å². The molecule has 0 fully saturated rings. The number of ether oxygens (including phenoxy) is 2. The van der Waals surface area contributed by atoms with Crippen LogP contribution in [0.15, 0.2) is 17.8 Å². The third-order valence-corrected chi connectivity index (χ3v) is 3.44. The molecule has 0 aliphatic carbocycles. The summed E-state index contributed by atoms with van der Waals surface area (Å²) in [7, 11) is 0. The van der Waals surface area contributed by atoms with Crippen LogP contribution in [0.4, 0.5) is 0 Å². The molecule has 1 aromatic rings. The summed E-state index contributed by atoms with van der Waals surface area (Å²) < 4.78 is 12.1. The molecule has 6 nitrogen and oxygen atoms in total. The predicted octanol–water partition coefficient (Wildman–Crippen LogP) is 3.04. The number of halogens is 1. The van der Waals surface area contributed by atoms with E-state index in [0.717, 1.165) is 9.99 Å². The molecule has 0 bridgehead atoms. The molecule has 0 aromatic heterocycles. The molecule has 0 aliphatic rings. The summed E-state index contributed by atoms with van der Waals surface area (Å²) in [5.74, 6) is -0.463. The van der Waals surface area contributed by atoms with Gasteiger partial charge in [0.05, 0.1) is 16.8 Å². The average molecular weight is 433 g/mol. The highest BCUT2D eigenvalue weighted by Gasteiger charge is 2.14. The zero-order valence-electron chi connectivity index (χ0n) is 13.3. The van der Waals surface area contributed by atoms with Gasteiger partial charge in [0.2, 0.25) is 5.91 Å². The Balaban J connectivity index is 3.26. The number of hydrogen-bond donors (Lipinski definition) is 2. The molecule has 0 aliphatic heterocycles. The number of carboxylic acid groups (broad SMARTS) is 1. The first-order valence-electron chi connectivity index (χ1n) is 7.20. The van der Waals surface area contributed by atoms with E-state index in [1.54, 1.807) is 12.1 Å². The van der Waals surface area contributed by atoms with Gasteiger partial charge in [-0.2, -0.15) is 0 Å². The molecule has 1 aromatic carbocycles. The average Bonchev–Trinajstić information content (AvgIpc) is 2.45. The van der Waals surface area contributed by atoms with E-state index in [2.05, 4.69) is 27.9 Å². The Bertz CT molecular complexity index is 613. The van der Waals surface area contributed by atoms with E-state index in [1.165, 1.54) is 13.0 Å². The Labute approximate surface area is 149 Å². The smallest absolute Gasteiger partial charge is 0.352 e. The molecule has 0 saturated carbocycles. The van der Waals surface area contributed by atoms with Crippen molar-refractivity contribution in [1.29, 1.82) is 0 Å². The summed E-state index contributed by atoms with van der Waals surface area (Å²) in [5, 5.41) is 11.5. The zero-order chi connectivity index (χ0) is 17.4. The monoisotopic (exact) mass is 433 g/mol. The van der Waals surface area contributed by atoms with Crippen molar-refractivity contribution in [2.75, 3.05) is 13.2 Å². The van der Waals surface area contributed by atoms with Crippen LogP contribution in [0.3, 0.4) is 0 Å². The first-order chi connectivity index (χ1) is 10.9. The minimum Gasteiger partial charge on any atom is -0.490 e. The van der Waals surface area contributed by atoms with Crippen LogP contribution in [0.1, 0.15) is 32.8 Å². The summed E-state index contributed by atoms with van der Waals surface area (Å²) in [6.07, 6.45) is 2.26. The van der Waals surface area contributed by atoms with E-state index in [0.29, 0.717) is 30.3 Å². The molecular formula is C16H20INO5. The lowest BCUT2D eigenvalue weighted by Crippen LogP contribution is -2.24. The van der Waals surface area contributed by atoms with Crippen LogP contribution in [-0.2, 0) is 9.59 Å². The molecule has 0 heterocycles. The van der Waals surface area contributed by atoms with E-state index in [9.17, 15) is 9.59 Å². The summed E-state index contributed by atoms with van der Waals surface area (Å²) in [6, 6.07) is 3.47. The number of carboxylic acids is 1. The molecular weight excluding hydrogens is 413 g/mol. The largest absolute Gasteiger partial charge is 0.490 e. The topological polar surface area (TPSA) is 84.9 Å². The maximum Gasteiger partial charge on any atom is 0.352 e. The second-order valence-corrected chi connectivity index (χ2v) is 5.82. The summed E-state index contributed by atoms with van der Waals surface area (Å²) in [5.41, 5.74) is 0.408. The highest BCUT2D eigenvalue weighted by molar-refractivity contribution is 14.1. The lowest BCUT2D eigenvalue weighted by molar-refractivity contribution is -0.134. The minimum absolute atomic E-state index is 0.196. The van der Waals surface area contributed by atoms with Crippen molar-refractivity contribution in [1.82, 2.24) is 5.32 Å². The van der Waals surface area contributed by atoms with E-state index in [1.807, 2.05) is 13.8 Å². The molecule has 1 amide bonds.